The molecule has 0 aliphatic carbocycles. The standard InChI is InChI=1S/C11H12Br2N2O4/c12-9-3-7(15(16)17)4-10(13)11(9)19-6-8-5-14-1-2-18-8/h3-4,8,14H,1-2,5-6H2. The molecule has 6 nitrogen and oxygen atoms in total. The minimum absolute atomic E-state index is 0.00156. The van der Waals surface area contributed by atoms with Crippen LogP contribution in [0.4, 0.5) is 5.69 Å². The van der Waals surface area contributed by atoms with Crippen LogP contribution in [0.1, 0.15) is 0 Å². The fraction of sp³-hybridized carbons (Fsp3) is 0.455. The first-order valence-corrected chi connectivity index (χ1v) is 7.25. The molecule has 19 heavy (non-hydrogen) atoms. The van der Waals surface area contributed by atoms with Crippen LogP contribution in [0.15, 0.2) is 21.1 Å². The normalized spacial score (nSPS) is 19.2. The van der Waals surface area contributed by atoms with E-state index in [4.69, 9.17) is 9.47 Å². The second-order valence-electron chi connectivity index (χ2n) is 4.00. The predicted octanol–water partition coefficient (Wildman–Crippen LogP) is 2.49. The van der Waals surface area contributed by atoms with Crippen molar-refractivity contribution in [1.82, 2.24) is 5.32 Å². The van der Waals surface area contributed by atoms with E-state index in [0.29, 0.717) is 27.9 Å². The molecule has 1 saturated heterocycles. The quantitative estimate of drug-likeness (QED) is 0.626. The van der Waals surface area contributed by atoms with Gasteiger partial charge in [-0.3, -0.25) is 10.1 Å². The first-order chi connectivity index (χ1) is 9.08. The summed E-state index contributed by atoms with van der Waals surface area (Å²) in [6.45, 7) is 2.64. The number of benzene rings is 1. The lowest BCUT2D eigenvalue weighted by Crippen LogP contribution is -2.41. The van der Waals surface area contributed by atoms with Crippen LogP contribution in [-0.4, -0.2) is 37.3 Å². The number of nitro groups is 1. The van der Waals surface area contributed by atoms with E-state index in [1.807, 2.05) is 0 Å². The monoisotopic (exact) mass is 394 g/mol. The smallest absolute Gasteiger partial charge is 0.271 e. The highest BCUT2D eigenvalue weighted by atomic mass is 79.9. The van der Waals surface area contributed by atoms with Gasteiger partial charge >= 0.3 is 0 Å². The highest BCUT2D eigenvalue weighted by molar-refractivity contribution is 9.11. The first kappa shape index (κ1) is 14.7. The van der Waals surface area contributed by atoms with Crippen molar-refractivity contribution >= 4 is 37.5 Å². The van der Waals surface area contributed by atoms with E-state index in [2.05, 4.69) is 37.2 Å². The Kier molecular flexibility index (Phi) is 5.14. The molecule has 8 heteroatoms. The van der Waals surface area contributed by atoms with Gasteiger partial charge in [0.05, 0.1) is 20.5 Å². The predicted molar refractivity (Wildman–Crippen MR) is 76.6 cm³/mol. The van der Waals surface area contributed by atoms with Gasteiger partial charge in [0.15, 0.2) is 0 Å². The van der Waals surface area contributed by atoms with Crippen molar-refractivity contribution < 1.29 is 14.4 Å². The minimum atomic E-state index is -0.451. The molecule has 0 amide bonds. The molecule has 1 unspecified atom stereocenters. The summed E-state index contributed by atoms with van der Waals surface area (Å²) in [4.78, 5) is 10.3. The third-order valence-electron chi connectivity index (χ3n) is 2.61. The van der Waals surface area contributed by atoms with Gasteiger partial charge in [0.2, 0.25) is 0 Å². The van der Waals surface area contributed by atoms with Crippen LogP contribution < -0.4 is 10.1 Å². The van der Waals surface area contributed by atoms with Gasteiger partial charge in [-0.15, -0.1) is 0 Å². The van der Waals surface area contributed by atoms with Crippen molar-refractivity contribution in [3.8, 4) is 5.75 Å². The molecular formula is C11H12Br2N2O4. The van der Waals surface area contributed by atoms with Crippen LogP contribution in [0.2, 0.25) is 0 Å². The van der Waals surface area contributed by atoms with Crippen molar-refractivity contribution in [1.29, 1.82) is 0 Å². The third kappa shape index (κ3) is 3.88. The van der Waals surface area contributed by atoms with Crippen LogP contribution in [0.5, 0.6) is 5.75 Å². The molecule has 0 aromatic heterocycles. The molecule has 1 atom stereocenters. The van der Waals surface area contributed by atoms with Gasteiger partial charge in [-0.25, -0.2) is 0 Å². The zero-order valence-corrected chi connectivity index (χ0v) is 13.1. The maximum absolute atomic E-state index is 10.7. The van der Waals surface area contributed by atoms with Crippen molar-refractivity contribution in [2.24, 2.45) is 0 Å². The summed E-state index contributed by atoms with van der Waals surface area (Å²) in [6, 6.07) is 2.83. The van der Waals surface area contributed by atoms with Crippen LogP contribution in [0.25, 0.3) is 0 Å². The SMILES string of the molecule is O=[N+]([O-])c1cc(Br)c(OCC2CNCCO2)c(Br)c1. The molecule has 1 N–H and O–H groups in total. The second kappa shape index (κ2) is 6.65. The van der Waals surface area contributed by atoms with Crippen LogP contribution in [0.3, 0.4) is 0 Å². The summed E-state index contributed by atoms with van der Waals surface area (Å²) in [7, 11) is 0. The fourth-order valence-electron chi connectivity index (χ4n) is 1.69. The van der Waals surface area contributed by atoms with Gasteiger partial charge in [-0.2, -0.15) is 0 Å². The van der Waals surface area contributed by atoms with Crippen molar-refractivity contribution in [3.05, 3.63) is 31.2 Å². The summed E-state index contributed by atoms with van der Waals surface area (Å²) in [5.41, 5.74) is 0.00156. The number of halogens is 2. The molecule has 1 aliphatic rings. The van der Waals surface area contributed by atoms with Gasteiger partial charge in [-0.1, -0.05) is 0 Å². The van der Waals surface area contributed by atoms with Gasteiger partial charge in [-0.05, 0) is 31.9 Å². The van der Waals surface area contributed by atoms with Crippen LogP contribution in [0, 0.1) is 10.1 Å². The number of morpholine rings is 1. The number of non-ortho nitro benzene ring substituents is 1. The zero-order valence-electron chi connectivity index (χ0n) is 9.90. The maximum Gasteiger partial charge on any atom is 0.271 e. The molecule has 1 aromatic carbocycles. The highest BCUT2D eigenvalue weighted by Gasteiger charge is 2.18. The summed E-state index contributed by atoms with van der Waals surface area (Å²) in [5, 5.41) is 13.9. The zero-order chi connectivity index (χ0) is 13.8. The molecule has 0 radical (unpaired) electrons. The Bertz CT molecular complexity index is 455. The Morgan fingerprint density at radius 3 is 2.68 bits per heavy atom. The van der Waals surface area contributed by atoms with E-state index in [9.17, 15) is 10.1 Å². The molecule has 0 saturated carbocycles. The van der Waals surface area contributed by atoms with E-state index in [1.54, 1.807) is 0 Å². The number of hydrogen-bond donors (Lipinski definition) is 1. The van der Waals surface area contributed by atoms with Crippen molar-refractivity contribution in [2.45, 2.75) is 6.10 Å². The fourth-order valence-corrected chi connectivity index (χ4v) is 3.08. The molecule has 1 heterocycles. The van der Waals surface area contributed by atoms with E-state index in [1.165, 1.54) is 12.1 Å². The van der Waals surface area contributed by atoms with Crippen molar-refractivity contribution in [3.63, 3.8) is 0 Å². The number of rotatable bonds is 4. The minimum Gasteiger partial charge on any atom is -0.488 e. The Morgan fingerprint density at radius 2 is 2.16 bits per heavy atom. The molecule has 0 bridgehead atoms. The average molecular weight is 396 g/mol. The lowest BCUT2D eigenvalue weighted by Gasteiger charge is -2.24. The second-order valence-corrected chi connectivity index (χ2v) is 5.71. The van der Waals surface area contributed by atoms with Crippen LogP contribution >= 0.6 is 31.9 Å². The van der Waals surface area contributed by atoms with Gasteiger partial charge in [0.25, 0.3) is 5.69 Å². The number of nitro benzene ring substituents is 1. The molecular weight excluding hydrogens is 384 g/mol. The summed E-state index contributed by atoms with van der Waals surface area (Å²) < 4.78 is 12.3. The van der Waals surface area contributed by atoms with Gasteiger partial charge in [0, 0.05) is 25.2 Å². The summed E-state index contributed by atoms with van der Waals surface area (Å²) in [5.74, 6) is 0.541. The Morgan fingerprint density at radius 1 is 1.47 bits per heavy atom. The number of nitrogens with one attached hydrogen (secondary N) is 1. The number of nitrogens with zero attached hydrogens (tertiary/aromatic N) is 1. The lowest BCUT2D eigenvalue weighted by atomic mass is 10.3. The van der Waals surface area contributed by atoms with Gasteiger partial charge < -0.3 is 14.8 Å². The third-order valence-corrected chi connectivity index (χ3v) is 3.79. The lowest BCUT2D eigenvalue weighted by molar-refractivity contribution is -0.385. The molecule has 1 aliphatic heterocycles. The Hall–Kier alpha value is -0.700. The Balaban J connectivity index is 2.05. The Labute approximate surface area is 126 Å². The molecule has 104 valence electrons. The maximum atomic E-state index is 10.7. The molecule has 1 fully saturated rings. The van der Waals surface area contributed by atoms with E-state index < -0.39 is 4.92 Å². The van der Waals surface area contributed by atoms with E-state index >= 15 is 0 Å². The van der Waals surface area contributed by atoms with Gasteiger partial charge in [0.1, 0.15) is 18.5 Å². The average Bonchev–Trinajstić information content (AvgIpc) is 2.38. The molecule has 0 spiro atoms. The van der Waals surface area contributed by atoms with Crippen molar-refractivity contribution in [2.75, 3.05) is 26.3 Å². The van der Waals surface area contributed by atoms with E-state index in [-0.39, 0.29) is 11.8 Å². The highest BCUT2D eigenvalue weighted by Crippen LogP contribution is 2.37. The molecule has 2 rings (SSSR count). The number of hydrogen-bond acceptors (Lipinski definition) is 5. The van der Waals surface area contributed by atoms with E-state index in [0.717, 1.165) is 13.1 Å². The largest absolute Gasteiger partial charge is 0.488 e. The summed E-state index contributed by atoms with van der Waals surface area (Å²) >= 11 is 6.55. The first-order valence-electron chi connectivity index (χ1n) is 5.66. The number of ether oxygens (including phenoxy) is 2. The molecule has 1 aromatic rings. The summed E-state index contributed by atoms with van der Waals surface area (Å²) in [6.07, 6.45) is -0.0114. The topological polar surface area (TPSA) is 73.6 Å². The van der Waals surface area contributed by atoms with Crippen LogP contribution in [-0.2, 0) is 4.74 Å².